The van der Waals surface area contributed by atoms with Crippen LogP contribution in [0.2, 0.25) is 0 Å². The Labute approximate surface area is 125 Å². The molecule has 0 radical (unpaired) electrons. The first-order valence-corrected chi connectivity index (χ1v) is 7.61. The van der Waals surface area contributed by atoms with E-state index < -0.39 is 6.10 Å². The first kappa shape index (κ1) is 14.2. The zero-order chi connectivity index (χ0) is 14.7. The van der Waals surface area contributed by atoms with Crippen molar-refractivity contribution in [1.29, 1.82) is 0 Å². The second kappa shape index (κ2) is 6.37. The lowest BCUT2D eigenvalue weighted by atomic mass is 9.92. The van der Waals surface area contributed by atoms with E-state index in [2.05, 4.69) is 30.1 Å². The molecule has 3 heteroatoms. The Hall–Kier alpha value is -1.71. The van der Waals surface area contributed by atoms with E-state index in [4.69, 9.17) is 4.74 Å². The molecule has 0 spiro atoms. The molecule has 2 unspecified atom stereocenters. The molecule has 1 aromatic carbocycles. The summed E-state index contributed by atoms with van der Waals surface area (Å²) < 4.78 is 5.88. The van der Waals surface area contributed by atoms with Crippen LogP contribution in [0, 0.1) is 0 Å². The van der Waals surface area contributed by atoms with Crippen molar-refractivity contribution in [2.24, 2.45) is 0 Å². The van der Waals surface area contributed by atoms with E-state index in [-0.39, 0.29) is 6.10 Å². The van der Waals surface area contributed by atoms with Gasteiger partial charge in [0, 0.05) is 12.6 Å². The molecule has 2 aromatic rings. The fourth-order valence-corrected chi connectivity index (χ4v) is 3.04. The number of aliphatic hydroxyl groups is 1. The van der Waals surface area contributed by atoms with Crippen LogP contribution in [0.3, 0.4) is 0 Å². The monoisotopic (exact) mass is 283 g/mol. The van der Waals surface area contributed by atoms with E-state index in [9.17, 15) is 5.11 Å². The maximum absolute atomic E-state index is 10.6. The first-order valence-electron chi connectivity index (χ1n) is 7.61. The highest BCUT2D eigenvalue weighted by Crippen LogP contribution is 2.34. The van der Waals surface area contributed by atoms with Crippen molar-refractivity contribution < 1.29 is 9.84 Å². The van der Waals surface area contributed by atoms with E-state index in [1.54, 1.807) is 6.20 Å². The molecule has 0 fully saturated rings. The number of aromatic nitrogens is 1. The van der Waals surface area contributed by atoms with Crippen LogP contribution in [-0.2, 0) is 17.6 Å². The lowest BCUT2D eigenvalue weighted by molar-refractivity contribution is 0.00262. The second-order valence-electron chi connectivity index (χ2n) is 5.46. The van der Waals surface area contributed by atoms with Crippen LogP contribution in [0.1, 0.15) is 47.9 Å². The largest absolute Gasteiger partial charge is 0.387 e. The Kier molecular flexibility index (Phi) is 4.32. The van der Waals surface area contributed by atoms with Gasteiger partial charge in [-0.1, -0.05) is 37.3 Å². The standard InChI is InChI=1S/C18H21NO2/c1-2-13-7-5-10-19-18(13)16(20)12-17-15-8-4-3-6-14(15)9-11-21-17/h3-8,10,16-17,20H,2,9,11-12H2,1H3. The molecule has 0 aliphatic carbocycles. The average molecular weight is 283 g/mol. The average Bonchev–Trinajstić information content (AvgIpc) is 2.55. The van der Waals surface area contributed by atoms with Crippen LogP contribution in [0.15, 0.2) is 42.6 Å². The van der Waals surface area contributed by atoms with Gasteiger partial charge in [0.15, 0.2) is 0 Å². The highest BCUT2D eigenvalue weighted by atomic mass is 16.5. The van der Waals surface area contributed by atoms with Gasteiger partial charge in [-0.3, -0.25) is 4.98 Å². The molecule has 0 bridgehead atoms. The third-order valence-electron chi connectivity index (χ3n) is 4.15. The van der Waals surface area contributed by atoms with Crippen LogP contribution < -0.4 is 0 Å². The topological polar surface area (TPSA) is 42.4 Å². The van der Waals surface area contributed by atoms with Gasteiger partial charge in [0.05, 0.1) is 24.5 Å². The molecule has 2 heterocycles. The fourth-order valence-electron chi connectivity index (χ4n) is 3.04. The number of rotatable bonds is 4. The minimum atomic E-state index is -0.586. The quantitative estimate of drug-likeness (QED) is 0.935. The van der Waals surface area contributed by atoms with Gasteiger partial charge in [-0.2, -0.15) is 0 Å². The molecular formula is C18H21NO2. The lowest BCUT2D eigenvalue weighted by Crippen LogP contribution is -2.19. The first-order chi connectivity index (χ1) is 10.3. The molecule has 3 nitrogen and oxygen atoms in total. The van der Waals surface area contributed by atoms with Crippen molar-refractivity contribution in [2.45, 2.75) is 38.4 Å². The number of aryl methyl sites for hydroxylation is 1. The van der Waals surface area contributed by atoms with E-state index in [0.29, 0.717) is 6.42 Å². The van der Waals surface area contributed by atoms with Crippen molar-refractivity contribution in [3.05, 3.63) is 65.0 Å². The zero-order valence-corrected chi connectivity index (χ0v) is 12.3. The van der Waals surface area contributed by atoms with Gasteiger partial charge in [-0.15, -0.1) is 0 Å². The third kappa shape index (κ3) is 2.99. The molecule has 3 rings (SSSR count). The van der Waals surface area contributed by atoms with Crippen molar-refractivity contribution >= 4 is 0 Å². The molecule has 1 aliphatic heterocycles. The van der Waals surface area contributed by atoms with E-state index >= 15 is 0 Å². The van der Waals surface area contributed by atoms with Gasteiger partial charge in [-0.05, 0) is 35.6 Å². The van der Waals surface area contributed by atoms with Gasteiger partial charge in [0.1, 0.15) is 0 Å². The van der Waals surface area contributed by atoms with Crippen molar-refractivity contribution in [3.8, 4) is 0 Å². The summed E-state index contributed by atoms with van der Waals surface area (Å²) in [6.07, 6.45) is 3.50. The Balaban J connectivity index is 1.81. The molecule has 2 atom stereocenters. The molecule has 110 valence electrons. The number of pyridine rings is 1. The van der Waals surface area contributed by atoms with Gasteiger partial charge in [0.2, 0.25) is 0 Å². The SMILES string of the molecule is CCc1cccnc1C(O)CC1OCCc2ccccc21. The Morgan fingerprint density at radius 2 is 2.14 bits per heavy atom. The molecule has 1 N–H and O–H groups in total. The van der Waals surface area contributed by atoms with Crippen LogP contribution in [0.25, 0.3) is 0 Å². The Bertz CT molecular complexity index is 612. The van der Waals surface area contributed by atoms with Crippen LogP contribution in [0.4, 0.5) is 0 Å². The third-order valence-corrected chi connectivity index (χ3v) is 4.15. The van der Waals surface area contributed by atoms with Gasteiger partial charge in [-0.25, -0.2) is 0 Å². The van der Waals surface area contributed by atoms with E-state index in [1.165, 1.54) is 11.1 Å². The number of nitrogens with zero attached hydrogens (tertiary/aromatic N) is 1. The lowest BCUT2D eigenvalue weighted by Gasteiger charge is -2.28. The Morgan fingerprint density at radius 1 is 1.29 bits per heavy atom. The van der Waals surface area contributed by atoms with Crippen molar-refractivity contribution in [1.82, 2.24) is 4.98 Å². The number of fused-ring (bicyclic) bond motifs is 1. The number of hydrogen-bond acceptors (Lipinski definition) is 3. The van der Waals surface area contributed by atoms with Crippen LogP contribution >= 0.6 is 0 Å². The van der Waals surface area contributed by atoms with Crippen LogP contribution in [0.5, 0.6) is 0 Å². The summed E-state index contributed by atoms with van der Waals surface area (Å²) in [6.45, 7) is 2.80. The second-order valence-corrected chi connectivity index (χ2v) is 5.46. The van der Waals surface area contributed by atoms with Crippen molar-refractivity contribution in [2.75, 3.05) is 6.61 Å². The molecule has 1 aliphatic rings. The van der Waals surface area contributed by atoms with Crippen molar-refractivity contribution in [3.63, 3.8) is 0 Å². The zero-order valence-electron chi connectivity index (χ0n) is 12.3. The molecule has 0 amide bonds. The minimum absolute atomic E-state index is 0.0448. The fraction of sp³-hybridized carbons (Fsp3) is 0.389. The molecular weight excluding hydrogens is 262 g/mol. The predicted molar refractivity (Wildman–Crippen MR) is 82.0 cm³/mol. The highest BCUT2D eigenvalue weighted by molar-refractivity contribution is 5.31. The summed E-state index contributed by atoms with van der Waals surface area (Å²) in [5, 5.41) is 10.6. The summed E-state index contributed by atoms with van der Waals surface area (Å²) in [6, 6.07) is 12.3. The number of aliphatic hydroxyl groups excluding tert-OH is 1. The smallest absolute Gasteiger partial charge is 0.0990 e. The highest BCUT2D eigenvalue weighted by Gasteiger charge is 2.25. The summed E-state index contributed by atoms with van der Waals surface area (Å²) in [5.74, 6) is 0. The number of hydrogen-bond donors (Lipinski definition) is 1. The summed E-state index contributed by atoms with van der Waals surface area (Å²) in [7, 11) is 0. The van der Waals surface area contributed by atoms with Gasteiger partial charge < -0.3 is 9.84 Å². The minimum Gasteiger partial charge on any atom is -0.387 e. The molecule has 0 saturated heterocycles. The Morgan fingerprint density at radius 3 is 3.00 bits per heavy atom. The van der Waals surface area contributed by atoms with E-state index in [0.717, 1.165) is 30.7 Å². The van der Waals surface area contributed by atoms with Crippen LogP contribution in [-0.4, -0.2) is 16.7 Å². The maximum atomic E-state index is 10.6. The summed E-state index contributed by atoms with van der Waals surface area (Å²) >= 11 is 0. The summed E-state index contributed by atoms with van der Waals surface area (Å²) in [5.41, 5.74) is 4.43. The maximum Gasteiger partial charge on any atom is 0.0990 e. The molecule has 21 heavy (non-hydrogen) atoms. The van der Waals surface area contributed by atoms with E-state index in [1.807, 2.05) is 18.2 Å². The number of ether oxygens (including phenoxy) is 1. The summed E-state index contributed by atoms with van der Waals surface area (Å²) in [4.78, 5) is 4.37. The van der Waals surface area contributed by atoms with Gasteiger partial charge >= 0.3 is 0 Å². The molecule has 0 saturated carbocycles. The van der Waals surface area contributed by atoms with Gasteiger partial charge in [0.25, 0.3) is 0 Å². The normalized spacial score (nSPS) is 19.0. The molecule has 1 aromatic heterocycles. The predicted octanol–water partition coefficient (Wildman–Crippen LogP) is 3.38. The number of benzene rings is 1.